The van der Waals surface area contributed by atoms with Crippen LogP contribution in [0.3, 0.4) is 0 Å². The molecule has 0 atom stereocenters. The lowest BCUT2D eigenvalue weighted by Gasteiger charge is -2.13. The summed E-state index contributed by atoms with van der Waals surface area (Å²) in [6, 6.07) is 17.1. The summed E-state index contributed by atoms with van der Waals surface area (Å²) in [4.78, 5) is 13.0. The number of methoxy groups -OCH3 is 1. The first kappa shape index (κ1) is 17.5. The van der Waals surface area contributed by atoms with Crippen molar-refractivity contribution in [2.75, 3.05) is 18.2 Å². The summed E-state index contributed by atoms with van der Waals surface area (Å²) in [7, 11) is 1.62. The third-order valence-electron chi connectivity index (χ3n) is 4.23. The minimum Gasteiger partial charge on any atom is -0.497 e. The molecule has 0 spiro atoms. The maximum absolute atomic E-state index is 6.25. The molecule has 2 aromatic carbocycles. The standard InChI is InChI=1S/C21H19N5O2/c1-13-6-7-14-4-3-5-17(19(14)25-13)28-21-18(22)20(23-12-24-21)26-15-8-10-16(27-2)11-9-15/h3-12H,22H2,1-2H3,(H,23,24,26). The number of fused-ring (bicyclic) bond motifs is 1. The normalized spacial score (nSPS) is 10.6. The number of hydrogen-bond donors (Lipinski definition) is 2. The van der Waals surface area contributed by atoms with E-state index < -0.39 is 0 Å². The Morgan fingerprint density at radius 2 is 1.79 bits per heavy atom. The molecule has 4 rings (SSSR count). The van der Waals surface area contributed by atoms with Crippen LogP contribution in [-0.4, -0.2) is 22.1 Å². The fourth-order valence-corrected chi connectivity index (χ4v) is 2.78. The molecule has 0 bridgehead atoms. The number of para-hydroxylation sites is 1. The second-order valence-corrected chi connectivity index (χ2v) is 6.18. The van der Waals surface area contributed by atoms with Crippen molar-refractivity contribution >= 4 is 28.1 Å². The second kappa shape index (κ2) is 7.40. The first-order chi connectivity index (χ1) is 13.6. The maximum Gasteiger partial charge on any atom is 0.248 e. The van der Waals surface area contributed by atoms with Crippen LogP contribution in [0.15, 0.2) is 60.9 Å². The molecule has 2 aromatic heterocycles. The van der Waals surface area contributed by atoms with Gasteiger partial charge in [0, 0.05) is 16.8 Å². The molecule has 0 radical (unpaired) electrons. The first-order valence-corrected chi connectivity index (χ1v) is 8.70. The van der Waals surface area contributed by atoms with E-state index in [2.05, 4.69) is 20.3 Å². The van der Waals surface area contributed by atoms with Gasteiger partial charge in [-0.05, 0) is 43.3 Å². The summed E-state index contributed by atoms with van der Waals surface area (Å²) >= 11 is 0. The minimum atomic E-state index is 0.266. The fourth-order valence-electron chi connectivity index (χ4n) is 2.78. The highest BCUT2D eigenvalue weighted by molar-refractivity contribution is 5.85. The summed E-state index contributed by atoms with van der Waals surface area (Å²) < 4.78 is 11.2. The van der Waals surface area contributed by atoms with E-state index in [0.717, 1.165) is 28.0 Å². The van der Waals surface area contributed by atoms with Gasteiger partial charge in [0.25, 0.3) is 0 Å². The summed E-state index contributed by atoms with van der Waals surface area (Å²) in [5.41, 5.74) is 9.04. The third kappa shape index (κ3) is 3.50. The van der Waals surface area contributed by atoms with Crippen molar-refractivity contribution in [3.63, 3.8) is 0 Å². The molecule has 0 aliphatic heterocycles. The number of pyridine rings is 1. The van der Waals surface area contributed by atoms with Crippen LogP contribution in [0, 0.1) is 6.92 Å². The number of ether oxygens (including phenoxy) is 2. The summed E-state index contributed by atoms with van der Waals surface area (Å²) in [5.74, 6) is 2.08. The van der Waals surface area contributed by atoms with Crippen LogP contribution in [0.25, 0.3) is 10.9 Å². The Kier molecular flexibility index (Phi) is 4.63. The summed E-state index contributed by atoms with van der Waals surface area (Å²) in [5, 5.41) is 4.15. The van der Waals surface area contributed by atoms with Crippen LogP contribution < -0.4 is 20.5 Å². The van der Waals surface area contributed by atoms with Gasteiger partial charge in [-0.15, -0.1) is 0 Å². The van der Waals surface area contributed by atoms with Crippen LogP contribution in [-0.2, 0) is 0 Å². The van der Waals surface area contributed by atoms with Crippen LogP contribution in [0.1, 0.15) is 5.69 Å². The number of rotatable bonds is 5. The van der Waals surface area contributed by atoms with Crippen molar-refractivity contribution < 1.29 is 9.47 Å². The van der Waals surface area contributed by atoms with Gasteiger partial charge in [0.15, 0.2) is 11.6 Å². The molecule has 4 aromatic rings. The molecule has 7 heteroatoms. The number of nitrogen functional groups attached to an aromatic ring is 1. The summed E-state index contributed by atoms with van der Waals surface area (Å²) in [6.07, 6.45) is 1.40. The highest BCUT2D eigenvalue weighted by Gasteiger charge is 2.13. The zero-order valence-electron chi connectivity index (χ0n) is 15.5. The number of nitrogens with one attached hydrogen (secondary N) is 1. The monoisotopic (exact) mass is 373 g/mol. The van der Waals surface area contributed by atoms with Crippen molar-refractivity contribution in [3.8, 4) is 17.4 Å². The van der Waals surface area contributed by atoms with Crippen molar-refractivity contribution in [2.45, 2.75) is 6.92 Å². The molecule has 28 heavy (non-hydrogen) atoms. The zero-order chi connectivity index (χ0) is 19.5. The topological polar surface area (TPSA) is 95.2 Å². The lowest BCUT2D eigenvalue weighted by molar-refractivity contribution is 0.415. The highest BCUT2D eigenvalue weighted by Crippen LogP contribution is 2.34. The molecular weight excluding hydrogens is 354 g/mol. The lowest BCUT2D eigenvalue weighted by Crippen LogP contribution is -2.03. The SMILES string of the molecule is COc1ccc(Nc2ncnc(Oc3cccc4ccc(C)nc34)c2N)cc1. The van der Waals surface area contributed by atoms with Crippen molar-refractivity contribution in [1.82, 2.24) is 15.0 Å². The Morgan fingerprint density at radius 1 is 0.964 bits per heavy atom. The van der Waals surface area contributed by atoms with Gasteiger partial charge in [0.05, 0.1) is 7.11 Å². The van der Waals surface area contributed by atoms with Crippen molar-refractivity contribution in [2.24, 2.45) is 0 Å². The van der Waals surface area contributed by atoms with Crippen LogP contribution in [0.2, 0.25) is 0 Å². The van der Waals surface area contributed by atoms with E-state index in [1.165, 1.54) is 6.33 Å². The van der Waals surface area contributed by atoms with Gasteiger partial charge in [0.1, 0.15) is 23.3 Å². The van der Waals surface area contributed by atoms with Gasteiger partial charge < -0.3 is 20.5 Å². The van der Waals surface area contributed by atoms with E-state index >= 15 is 0 Å². The molecule has 7 nitrogen and oxygen atoms in total. The third-order valence-corrected chi connectivity index (χ3v) is 4.23. The molecule has 0 fully saturated rings. The maximum atomic E-state index is 6.25. The quantitative estimate of drug-likeness (QED) is 0.533. The summed E-state index contributed by atoms with van der Waals surface area (Å²) in [6.45, 7) is 1.94. The van der Waals surface area contributed by atoms with Crippen molar-refractivity contribution in [1.29, 1.82) is 0 Å². The number of nitrogens with two attached hydrogens (primary N) is 1. The number of nitrogens with zero attached hydrogens (tertiary/aromatic N) is 3. The second-order valence-electron chi connectivity index (χ2n) is 6.18. The average molecular weight is 373 g/mol. The molecule has 0 aliphatic carbocycles. The molecule has 2 heterocycles. The lowest BCUT2D eigenvalue weighted by atomic mass is 10.2. The van der Waals surface area contributed by atoms with Gasteiger partial charge in [-0.3, -0.25) is 0 Å². The van der Waals surface area contributed by atoms with Gasteiger partial charge in [-0.2, -0.15) is 4.98 Å². The number of benzene rings is 2. The fraction of sp³-hybridized carbons (Fsp3) is 0.0952. The Bertz CT molecular complexity index is 1130. The highest BCUT2D eigenvalue weighted by atomic mass is 16.5. The van der Waals surface area contributed by atoms with Gasteiger partial charge in [-0.1, -0.05) is 18.2 Å². The molecule has 0 aliphatic rings. The predicted octanol–water partition coefficient (Wildman–Crippen LogP) is 4.46. The largest absolute Gasteiger partial charge is 0.497 e. The molecule has 0 saturated carbocycles. The van der Waals surface area contributed by atoms with Crippen molar-refractivity contribution in [3.05, 3.63) is 66.6 Å². The number of hydrogen-bond acceptors (Lipinski definition) is 7. The molecule has 0 saturated heterocycles. The van der Waals surface area contributed by atoms with E-state index in [9.17, 15) is 0 Å². The Hall–Kier alpha value is -3.87. The smallest absolute Gasteiger partial charge is 0.248 e. The Morgan fingerprint density at radius 3 is 2.57 bits per heavy atom. The van der Waals surface area contributed by atoms with E-state index in [0.29, 0.717) is 17.3 Å². The van der Waals surface area contributed by atoms with Gasteiger partial charge in [0.2, 0.25) is 5.88 Å². The average Bonchev–Trinajstić information content (AvgIpc) is 2.72. The first-order valence-electron chi connectivity index (χ1n) is 8.70. The van der Waals surface area contributed by atoms with Crippen LogP contribution >= 0.6 is 0 Å². The van der Waals surface area contributed by atoms with E-state index in [1.807, 2.05) is 61.5 Å². The molecule has 3 N–H and O–H groups in total. The molecule has 140 valence electrons. The number of aryl methyl sites for hydroxylation is 1. The van der Waals surface area contributed by atoms with Crippen LogP contribution in [0.4, 0.5) is 17.2 Å². The zero-order valence-corrected chi connectivity index (χ0v) is 15.5. The number of aromatic nitrogens is 3. The Labute approximate surface area is 162 Å². The van der Waals surface area contributed by atoms with E-state index in [1.54, 1.807) is 7.11 Å². The predicted molar refractivity (Wildman–Crippen MR) is 109 cm³/mol. The number of anilines is 3. The molecule has 0 unspecified atom stereocenters. The molecule has 0 amide bonds. The Balaban J connectivity index is 1.64. The van der Waals surface area contributed by atoms with E-state index in [4.69, 9.17) is 15.2 Å². The van der Waals surface area contributed by atoms with Crippen LogP contribution in [0.5, 0.6) is 17.4 Å². The van der Waals surface area contributed by atoms with E-state index in [-0.39, 0.29) is 5.88 Å². The van der Waals surface area contributed by atoms with Gasteiger partial charge in [-0.25, -0.2) is 9.97 Å². The minimum absolute atomic E-state index is 0.266. The van der Waals surface area contributed by atoms with Gasteiger partial charge >= 0.3 is 0 Å². The molecular formula is C21H19N5O2.